The Bertz CT molecular complexity index is 317. The third kappa shape index (κ3) is 6.22. The summed E-state index contributed by atoms with van der Waals surface area (Å²) < 4.78 is 5.35. The average Bonchev–Trinajstić information content (AvgIpc) is 3.23. The zero-order valence-corrected chi connectivity index (χ0v) is 13.7. The van der Waals surface area contributed by atoms with Gasteiger partial charge in [-0.15, -0.1) is 0 Å². The summed E-state index contributed by atoms with van der Waals surface area (Å²) in [5, 5.41) is 6.72. The fourth-order valence-corrected chi connectivity index (χ4v) is 2.87. The summed E-state index contributed by atoms with van der Waals surface area (Å²) in [6.07, 6.45) is 5.17. The van der Waals surface area contributed by atoms with Crippen LogP contribution in [0.5, 0.6) is 0 Å². The van der Waals surface area contributed by atoms with Gasteiger partial charge in [-0.2, -0.15) is 0 Å². The predicted octanol–water partition coefficient (Wildman–Crippen LogP) is 1.45. The number of aliphatic imine (C=N–C) groups is 1. The molecule has 0 amide bonds. The molecule has 0 radical (unpaired) electrons. The Morgan fingerprint density at radius 1 is 1.24 bits per heavy atom. The van der Waals surface area contributed by atoms with Crippen LogP contribution in [0.4, 0.5) is 0 Å². The van der Waals surface area contributed by atoms with Crippen LogP contribution < -0.4 is 10.6 Å². The molecule has 0 spiro atoms. The minimum absolute atomic E-state index is 0.740. The highest BCUT2D eigenvalue weighted by atomic mass is 16.5. The molecule has 1 unspecified atom stereocenters. The van der Waals surface area contributed by atoms with E-state index in [1.54, 1.807) is 0 Å². The van der Waals surface area contributed by atoms with E-state index in [9.17, 15) is 0 Å². The highest BCUT2D eigenvalue weighted by Crippen LogP contribution is 2.31. The zero-order chi connectivity index (χ0) is 14.9. The van der Waals surface area contributed by atoms with Gasteiger partial charge in [-0.1, -0.05) is 0 Å². The van der Waals surface area contributed by atoms with Gasteiger partial charge in [0.15, 0.2) is 5.96 Å². The van der Waals surface area contributed by atoms with E-state index in [-0.39, 0.29) is 0 Å². The van der Waals surface area contributed by atoms with Gasteiger partial charge in [0.2, 0.25) is 0 Å². The lowest BCUT2D eigenvalue weighted by Crippen LogP contribution is -2.38. The third-order valence-corrected chi connectivity index (χ3v) is 4.19. The van der Waals surface area contributed by atoms with E-state index in [1.807, 2.05) is 6.92 Å². The van der Waals surface area contributed by atoms with Crippen molar-refractivity contribution in [2.45, 2.75) is 45.6 Å². The van der Waals surface area contributed by atoms with Gasteiger partial charge in [-0.3, -0.25) is 4.99 Å². The zero-order valence-electron chi connectivity index (χ0n) is 13.7. The highest BCUT2D eigenvalue weighted by Gasteiger charge is 2.34. The smallest absolute Gasteiger partial charge is 0.191 e. The number of likely N-dealkylation sites (tertiary alicyclic amines) is 1. The molecule has 2 rings (SSSR count). The van der Waals surface area contributed by atoms with Crippen LogP contribution in [0.25, 0.3) is 0 Å². The summed E-state index contributed by atoms with van der Waals surface area (Å²) >= 11 is 0. The molecule has 0 aromatic rings. The lowest BCUT2D eigenvalue weighted by molar-refractivity contribution is 0.145. The summed E-state index contributed by atoms with van der Waals surface area (Å²) in [6.45, 7) is 11.1. The van der Waals surface area contributed by atoms with Gasteiger partial charge in [0.25, 0.3) is 0 Å². The number of ether oxygens (including phenoxy) is 1. The van der Waals surface area contributed by atoms with Crippen molar-refractivity contribution in [3.05, 3.63) is 0 Å². The fourth-order valence-electron chi connectivity index (χ4n) is 2.87. The predicted molar refractivity (Wildman–Crippen MR) is 87.8 cm³/mol. The summed E-state index contributed by atoms with van der Waals surface area (Å²) in [4.78, 5) is 7.41. The molecule has 1 atom stereocenters. The van der Waals surface area contributed by atoms with E-state index >= 15 is 0 Å². The molecule has 1 saturated heterocycles. The van der Waals surface area contributed by atoms with Crippen molar-refractivity contribution in [1.29, 1.82) is 0 Å². The lowest BCUT2D eigenvalue weighted by atomic mass is 10.1. The van der Waals surface area contributed by atoms with Crippen LogP contribution in [0.1, 0.15) is 39.5 Å². The van der Waals surface area contributed by atoms with Crippen molar-refractivity contribution in [3.8, 4) is 0 Å². The van der Waals surface area contributed by atoms with Crippen LogP contribution in [0.15, 0.2) is 4.99 Å². The Labute approximate surface area is 129 Å². The maximum absolute atomic E-state index is 5.35. The Morgan fingerprint density at radius 3 is 2.81 bits per heavy atom. The standard InChI is InChI=1S/C16H32N4O/c1-3-17-16(18-9-5-11-21-4-2)19-12-14-8-10-20(13-14)15-6-7-15/h14-15H,3-13H2,1-2H3,(H2,17,18,19). The molecule has 122 valence electrons. The normalized spacial score (nSPS) is 23.5. The van der Waals surface area contributed by atoms with Crippen LogP contribution in [0, 0.1) is 5.92 Å². The molecule has 1 aliphatic carbocycles. The van der Waals surface area contributed by atoms with E-state index in [0.29, 0.717) is 0 Å². The highest BCUT2D eigenvalue weighted by molar-refractivity contribution is 5.79. The molecular formula is C16H32N4O. The molecule has 0 bridgehead atoms. The first-order valence-corrected chi connectivity index (χ1v) is 8.67. The van der Waals surface area contributed by atoms with Crippen LogP contribution in [0.3, 0.4) is 0 Å². The van der Waals surface area contributed by atoms with Gasteiger partial charge in [0, 0.05) is 45.4 Å². The Balaban J connectivity index is 1.64. The van der Waals surface area contributed by atoms with Gasteiger partial charge in [0.05, 0.1) is 0 Å². The number of hydrogen-bond acceptors (Lipinski definition) is 3. The minimum atomic E-state index is 0.740. The van der Waals surface area contributed by atoms with Crippen molar-refractivity contribution in [1.82, 2.24) is 15.5 Å². The third-order valence-electron chi connectivity index (χ3n) is 4.19. The second-order valence-electron chi connectivity index (χ2n) is 6.08. The summed E-state index contributed by atoms with van der Waals surface area (Å²) in [7, 11) is 0. The van der Waals surface area contributed by atoms with Gasteiger partial charge in [-0.25, -0.2) is 0 Å². The van der Waals surface area contributed by atoms with Crippen molar-refractivity contribution in [2.75, 3.05) is 45.9 Å². The van der Waals surface area contributed by atoms with Crippen molar-refractivity contribution in [3.63, 3.8) is 0 Å². The van der Waals surface area contributed by atoms with Crippen molar-refractivity contribution >= 4 is 5.96 Å². The van der Waals surface area contributed by atoms with E-state index in [1.165, 1.54) is 32.4 Å². The van der Waals surface area contributed by atoms with Crippen LogP contribution in [-0.2, 0) is 4.74 Å². The largest absolute Gasteiger partial charge is 0.382 e. The molecule has 2 aliphatic rings. The van der Waals surface area contributed by atoms with E-state index < -0.39 is 0 Å². The Kier molecular flexibility index (Phi) is 7.30. The Hall–Kier alpha value is -0.810. The van der Waals surface area contributed by atoms with Crippen LogP contribution in [-0.4, -0.2) is 62.8 Å². The SMILES string of the molecule is CCNC(=NCC1CCN(C2CC2)C1)NCCCOCC. The Morgan fingerprint density at radius 2 is 2.10 bits per heavy atom. The van der Waals surface area contributed by atoms with Crippen molar-refractivity contribution < 1.29 is 4.74 Å². The van der Waals surface area contributed by atoms with E-state index in [4.69, 9.17) is 9.73 Å². The molecule has 0 aromatic carbocycles. The number of nitrogens with one attached hydrogen (secondary N) is 2. The molecule has 0 aromatic heterocycles. The van der Waals surface area contributed by atoms with Crippen molar-refractivity contribution in [2.24, 2.45) is 10.9 Å². The molecule has 2 fully saturated rings. The quantitative estimate of drug-likeness (QED) is 0.384. The molecule has 1 heterocycles. The molecule has 5 nitrogen and oxygen atoms in total. The second-order valence-corrected chi connectivity index (χ2v) is 6.08. The number of nitrogens with zero attached hydrogens (tertiary/aromatic N) is 2. The first kappa shape index (κ1) is 16.6. The first-order chi connectivity index (χ1) is 10.3. The maximum Gasteiger partial charge on any atom is 0.191 e. The summed E-state index contributed by atoms with van der Waals surface area (Å²) in [5.74, 6) is 1.70. The molecular weight excluding hydrogens is 264 g/mol. The van der Waals surface area contributed by atoms with Gasteiger partial charge >= 0.3 is 0 Å². The first-order valence-electron chi connectivity index (χ1n) is 8.67. The molecule has 21 heavy (non-hydrogen) atoms. The minimum Gasteiger partial charge on any atom is -0.382 e. The number of guanidine groups is 1. The molecule has 1 saturated carbocycles. The second kappa shape index (κ2) is 9.26. The van der Waals surface area contributed by atoms with Gasteiger partial charge < -0.3 is 20.3 Å². The monoisotopic (exact) mass is 296 g/mol. The van der Waals surface area contributed by atoms with Gasteiger partial charge in [-0.05, 0) is 52.0 Å². The number of hydrogen-bond donors (Lipinski definition) is 2. The average molecular weight is 296 g/mol. The lowest BCUT2D eigenvalue weighted by Gasteiger charge is -2.15. The maximum atomic E-state index is 5.35. The molecule has 5 heteroatoms. The fraction of sp³-hybridized carbons (Fsp3) is 0.938. The molecule has 2 N–H and O–H groups in total. The summed E-state index contributed by atoms with van der Waals surface area (Å²) in [6, 6.07) is 0.906. The van der Waals surface area contributed by atoms with Crippen LogP contribution in [0.2, 0.25) is 0 Å². The van der Waals surface area contributed by atoms with E-state index in [2.05, 4.69) is 22.5 Å². The number of rotatable bonds is 9. The van der Waals surface area contributed by atoms with E-state index in [0.717, 1.165) is 57.2 Å². The topological polar surface area (TPSA) is 48.9 Å². The summed E-state index contributed by atoms with van der Waals surface area (Å²) in [5.41, 5.74) is 0. The van der Waals surface area contributed by atoms with Crippen LogP contribution >= 0.6 is 0 Å². The van der Waals surface area contributed by atoms with Gasteiger partial charge in [0.1, 0.15) is 0 Å². The molecule has 1 aliphatic heterocycles.